The van der Waals surface area contributed by atoms with Gasteiger partial charge in [0.1, 0.15) is 0 Å². The van der Waals surface area contributed by atoms with Gasteiger partial charge in [0.15, 0.2) is 0 Å². The Morgan fingerprint density at radius 1 is 0.697 bits per heavy atom. The van der Waals surface area contributed by atoms with Gasteiger partial charge in [-0.05, 0) is 68.4 Å². The van der Waals surface area contributed by atoms with Crippen molar-refractivity contribution in [1.29, 1.82) is 0 Å². The highest BCUT2D eigenvalue weighted by molar-refractivity contribution is 5.98. The molecule has 2 amide bonds. The van der Waals surface area contributed by atoms with Crippen molar-refractivity contribution in [3.63, 3.8) is 0 Å². The highest BCUT2D eigenvalue weighted by atomic mass is 16.2. The summed E-state index contributed by atoms with van der Waals surface area (Å²) in [7, 11) is 0. The first-order valence-electron chi connectivity index (χ1n) is 11.1. The zero-order valence-corrected chi connectivity index (χ0v) is 18.7. The van der Waals surface area contributed by atoms with Crippen LogP contribution in [0.3, 0.4) is 0 Å². The quantitative estimate of drug-likeness (QED) is 0.489. The maximum atomic E-state index is 13.1. The van der Waals surface area contributed by atoms with Gasteiger partial charge < -0.3 is 14.4 Å². The number of carbonyl (C=O) groups excluding carboxylic acids is 2. The van der Waals surface area contributed by atoms with Crippen molar-refractivity contribution in [2.75, 3.05) is 26.2 Å². The molecule has 0 atom stereocenters. The van der Waals surface area contributed by atoms with Crippen LogP contribution in [0.1, 0.15) is 32.1 Å². The molecule has 7 nitrogen and oxygen atoms in total. The van der Waals surface area contributed by atoms with Crippen LogP contribution in [-0.2, 0) is 0 Å². The van der Waals surface area contributed by atoms with Gasteiger partial charge in [0.05, 0.1) is 22.4 Å². The SMILES string of the molecule is Cc1nc2ccc(C(=O)N3CCN(C(=O)c4ccc(-n5cccc5)cc4)CC3)cc2nc1C. The molecule has 0 saturated carbocycles. The van der Waals surface area contributed by atoms with Gasteiger partial charge in [-0.1, -0.05) is 0 Å². The smallest absolute Gasteiger partial charge is 0.254 e. The minimum absolute atomic E-state index is 0.00650. The summed E-state index contributed by atoms with van der Waals surface area (Å²) in [5.74, 6) is -0.0481. The molecule has 4 aromatic rings. The number of aryl methyl sites for hydroxylation is 2. The van der Waals surface area contributed by atoms with Crippen molar-refractivity contribution >= 4 is 22.8 Å². The first kappa shape index (κ1) is 20.9. The van der Waals surface area contributed by atoms with Crippen LogP contribution < -0.4 is 0 Å². The predicted molar refractivity (Wildman–Crippen MR) is 127 cm³/mol. The maximum Gasteiger partial charge on any atom is 0.254 e. The van der Waals surface area contributed by atoms with Gasteiger partial charge in [-0.25, -0.2) is 9.97 Å². The molecule has 0 radical (unpaired) electrons. The molecule has 3 heterocycles. The number of nitrogens with zero attached hydrogens (tertiary/aromatic N) is 5. The van der Waals surface area contributed by atoms with E-state index in [4.69, 9.17) is 0 Å². The number of rotatable bonds is 3. The van der Waals surface area contributed by atoms with Gasteiger partial charge in [-0.3, -0.25) is 9.59 Å². The highest BCUT2D eigenvalue weighted by Crippen LogP contribution is 2.18. The van der Waals surface area contributed by atoms with E-state index >= 15 is 0 Å². The number of benzene rings is 2. The number of fused-ring (bicyclic) bond motifs is 1. The Bertz CT molecular complexity index is 1320. The number of amides is 2. The number of hydrogen-bond acceptors (Lipinski definition) is 4. The van der Waals surface area contributed by atoms with Crippen LogP contribution in [0.25, 0.3) is 16.7 Å². The van der Waals surface area contributed by atoms with Crippen LogP contribution in [-0.4, -0.2) is 62.3 Å². The molecular formula is C26H25N5O2. The van der Waals surface area contributed by atoms with Gasteiger partial charge in [0.2, 0.25) is 0 Å². The Kier molecular flexibility index (Phi) is 5.38. The van der Waals surface area contributed by atoms with E-state index in [0.717, 1.165) is 28.1 Å². The second-order valence-corrected chi connectivity index (χ2v) is 8.32. The molecular weight excluding hydrogens is 414 g/mol. The minimum atomic E-state index is -0.0416. The Hall–Kier alpha value is -4.00. The van der Waals surface area contributed by atoms with E-state index in [1.165, 1.54) is 0 Å². The van der Waals surface area contributed by atoms with Crippen LogP contribution >= 0.6 is 0 Å². The number of piperazine rings is 1. The van der Waals surface area contributed by atoms with Crippen LogP contribution in [0.5, 0.6) is 0 Å². The first-order valence-corrected chi connectivity index (χ1v) is 11.1. The van der Waals surface area contributed by atoms with Crippen molar-refractivity contribution in [2.45, 2.75) is 13.8 Å². The second kappa shape index (κ2) is 8.50. The van der Waals surface area contributed by atoms with E-state index in [2.05, 4.69) is 9.97 Å². The molecule has 1 fully saturated rings. The molecule has 0 bridgehead atoms. The summed E-state index contributed by atoms with van der Waals surface area (Å²) in [6, 6.07) is 17.0. The predicted octanol–water partition coefficient (Wildman–Crippen LogP) is 3.64. The Morgan fingerprint density at radius 3 is 1.82 bits per heavy atom. The highest BCUT2D eigenvalue weighted by Gasteiger charge is 2.25. The van der Waals surface area contributed by atoms with Crippen LogP contribution in [0.15, 0.2) is 67.0 Å². The summed E-state index contributed by atoms with van der Waals surface area (Å²) in [5, 5.41) is 0. The number of carbonyl (C=O) groups is 2. The van der Waals surface area contributed by atoms with Gasteiger partial charge in [-0.15, -0.1) is 0 Å². The largest absolute Gasteiger partial charge is 0.335 e. The molecule has 0 aliphatic carbocycles. The van der Waals surface area contributed by atoms with E-state index in [1.54, 1.807) is 17.0 Å². The fourth-order valence-corrected chi connectivity index (χ4v) is 4.12. The molecule has 0 N–H and O–H groups in total. The summed E-state index contributed by atoms with van der Waals surface area (Å²) in [6.45, 7) is 5.87. The molecule has 0 spiro atoms. The van der Waals surface area contributed by atoms with Crippen LogP contribution in [0.4, 0.5) is 0 Å². The standard InChI is InChI=1S/C26H25N5O2/c1-18-19(2)28-24-17-21(7-10-23(24)27-18)26(33)31-15-13-30(14-16-31)25(32)20-5-8-22(9-6-20)29-11-3-4-12-29/h3-12,17H,13-16H2,1-2H3. The average Bonchev–Trinajstić information content (AvgIpc) is 3.39. The van der Waals surface area contributed by atoms with Crippen LogP contribution in [0, 0.1) is 13.8 Å². The second-order valence-electron chi connectivity index (χ2n) is 8.32. The third-order valence-electron chi connectivity index (χ3n) is 6.19. The third-order valence-corrected chi connectivity index (χ3v) is 6.19. The summed E-state index contributed by atoms with van der Waals surface area (Å²) >= 11 is 0. The minimum Gasteiger partial charge on any atom is -0.335 e. The van der Waals surface area contributed by atoms with Crippen molar-refractivity contribution in [3.8, 4) is 5.69 Å². The first-order chi connectivity index (χ1) is 16.0. The molecule has 1 saturated heterocycles. The molecule has 5 rings (SSSR count). The Morgan fingerprint density at radius 2 is 1.21 bits per heavy atom. The van der Waals surface area contributed by atoms with Gasteiger partial charge >= 0.3 is 0 Å². The third kappa shape index (κ3) is 4.09. The summed E-state index contributed by atoms with van der Waals surface area (Å²) in [5.41, 5.74) is 5.53. The molecule has 7 heteroatoms. The topological polar surface area (TPSA) is 71.3 Å². The fraction of sp³-hybridized carbons (Fsp3) is 0.231. The number of aromatic nitrogens is 3. The van der Waals surface area contributed by atoms with E-state index in [1.807, 2.05) is 78.2 Å². The van der Waals surface area contributed by atoms with E-state index in [0.29, 0.717) is 37.3 Å². The van der Waals surface area contributed by atoms with E-state index in [9.17, 15) is 9.59 Å². The lowest BCUT2D eigenvalue weighted by Gasteiger charge is -2.35. The molecule has 166 valence electrons. The molecule has 1 aliphatic heterocycles. The van der Waals surface area contributed by atoms with Crippen molar-refractivity contribution < 1.29 is 9.59 Å². The summed E-state index contributed by atoms with van der Waals surface area (Å²) in [6.07, 6.45) is 3.94. The monoisotopic (exact) mass is 439 g/mol. The van der Waals surface area contributed by atoms with Crippen molar-refractivity contribution in [1.82, 2.24) is 24.3 Å². The fourth-order valence-electron chi connectivity index (χ4n) is 4.12. The molecule has 1 aliphatic rings. The van der Waals surface area contributed by atoms with Crippen molar-refractivity contribution in [3.05, 3.63) is 89.5 Å². The van der Waals surface area contributed by atoms with Gasteiger partial charge in [0.25, 0.3) is 11.8 Å². The lowest BCUT2D eigenvalue weighted by atomic mass is 10.1. The zero-order chi connectivity index (χ0) is 22.9. The van der Waals surface area contributed by atoms with E-state index in [-0.39, 0.29) is 11.8 Å². The normalized spacial score (nSPS) is 14.0. The lowest BCUT2D eigenvalue weighted by Crippen LogP contribution is -2.50. The van der Waals surface area contributed by atoms with E-state index < -0.39 is 0 Å². The van der Waals surface area contributed by atoms with Gasteiger partial charge in [0, 0.05) is 55.4 Å². The molecule has 0 unspecified atom stereocenters. The van der Waals surface area contributed by atoms with Crippen LogP contribution in [0.2, 0.25) is 0 Å². The Balaban J connectivity index is 1.24. The molecule has 33 heavy (non-hydrogen) atoms. The lowest BCUT2D eigenvalue weighted by molar-refractivity contribution is 0.0535. The molecule has 2 aromatic carbocycles. The maximum absolute atomic E-state index is 13.1. The average molecular weight is 440 g/mol. The zero-order valence-electron chi connectivity index (χ0n) is 18.7. The Labute approximate surface area is 192 Å². The summed E-state index contributed by atoms with van der Waals surface area (Å²) in [4.78, 5) is 38.7. The van der Waals surface area contributed by atoms with Crippen molar-refractivity contribution in [2.24, 2.45) is 0 Å². The molecule has 2 aromatic heterocycles. The number of hydrogen-bond donors (Lipinski definition) is 0. The van der Waals surface area contributed by atoms with Gasteiger partial charge in [-0.2, -0.15) is 0 Å². The summed E-state index contributed by atoms with van der Waals surface area (Å²) < 4.78 is 2.00.